The van der Waals surface area contributed by atoms with E-state index in [4.69, 9.17) is 0 Å². The summed E-state index contributed by atoms with van der Waals surface area (Å²) in [4.78, 5) is 8.03. The summed E-state index contributed by atoms with van der Waals surface area (Å²) in [5.74, 6) is 0.809. The molecular weight excluding hydrogens is 186 g/mol. The molecule has 2 atom stereocenters. The summed E-state index contributed by atoms with van der Waals surface area (Å²) in [5, 5.41) is 3.61. The molecule has 82 valence electrons. The Balaban J connectivity index is 1.82. The number of aromatic nitrogens is 2. The topological polar surface area (TPSA) is 37.8 Å². The van der Waals surface area contributed by atoms with Crippen LogP contribution in [-0.2, 0) is 6.54 Å². The van der Waals surface area contributed by atoms with Crippen molar-refractivity contribution in [3.63, 3.8) is 0 Å². The zero-order valence-corrected chi connectivity index (χ0v) is 9.32. The fourth-order valence-electron chi connectivity index (χ4n) is 2.29. The van der Waals surface area contributed by atoms with Gasteiger partial charge in [-0.2, -0.15) is 0 Å². The molecule has 0 spiro atoms. The first-order valence-electron chi connectivity index (χ1n) is 5.83. The zero-order valence-electron chi connectivity index (χ0n) is 9.32. The molecule has 1 saturated carbocycles. The van der Waals surface area contributed by atoms with Crippen molar-refractivity contribution in [1.29, 1.82) is 0 Å². The molecule has 3 heteroatoms. The molecule has 1 aromatic rings. The van der Waals surface area contributed by atoms with Crippen LogP contribution in [0.4, 0.5) is 0 Å². The lowest BCUT2D eigenvalue weighted by Gasteiger charge is -2.29. The molecule has 1 aliphatic carbocycles. The maximum atomic E-state index is 4.02. The van der Waals surface area contributed by atoms with E-state index in [1.165, 1.54) is 31.2 Å². The van der Waals surface area contributed by atoms with Gasteiger partial charge in [0.05, 0.1) is 0 Å². The van der Waals surface area contributed by atoms with E-state index in [1.54, 1.807) is 6.33 Å². The highest BCUT2D eigenvalue weighted by atomic mass is 14.9. The van der Waals surface area contributed by atoms with Crippen molar-refractivity contribution in [1.82, 2.24) is 15.3 Å². The molecule has 1 heterocycles. The summed E-state index contributed by atoms with van der Waals surface area (Å²) in [6, 6.07) is 0.680. The van der Waals surface area contributed by atoms with Gasteiger partial charge in [-0.1, -0.05) is 19.8 Å². The maximum absolute atomic E-state index is 4.02. The number of nitrogens with zero attached hydrogens (tertiary/aromatic N) is 2. The van der Waals surface area contributed by atoms with Crippen molar-refractivity contribution in [3.05, 3.63) is 24.3 Å². The molecule has 0 saturated heterocycles. The Morgan fingerprint density at radius 2 is 2.00 bits per heavy atom. The SMILES string of the molecule is C[C@@H]1CCCC[C@H]1NCc1cncnc1. The van der Waals surface area contributed by atoms with Crippen molar-refractivity contribution in [2.75, 3.05) is 0 Å². The number of hydrogen-bond acceptors (Lipinski definition) is 3. The van der Waals surface area contributed by atoms with E-state index in [2.05, 4.69) is 22.2 Å². The molecule has 0 aliphatic heterocycles. The highest BCUT2D eigenvalue weighted by Crippen LogP contribution is 2.23. The normalized spacial score (nSPS) is 26.5. The van der Waals surface area contributed by atoms with Crippen molar-refractivity contribution in [3.8, 4) is 0 Å². The van der Waals surface area contributed by atoms with Gasteiger partial charge < -0.3 is 5.32 Å². The van der Waals surface area contributed by atoms with Gasteiger partial charge in [-0.05, 0) is 18.8 Å². The third-order valence-corrected chi connectivity index (χ3v) is 3.29. The van der Waals surface area contributed by atoms with Gasteiger partial charge in [0.1, 0.15) is 6.33 Å². The predicted octanol–water partition coefficient (Wildman–Crippen LogP) is 2.14. The molecule has 0 bridgehead atoms. The van der Waals surface area contributed by atoms with E-state index in [0.29, 0.717) is 6.04 Å². The lowest BCUT2D eigenvalue weighted by Crippen LogP contribution is -2.36. The summed E-state index contributed by atoms with van der Waals surface area (Å²) in [6.45, 7) is 3.24. The van der Waals surface area contributed by atoms with E-state index in [1.807, 2.05) is 12.4 Å². The Morgan fingerprint density at radius 3 is 2.73 bits per heavy atom. The van der Waals surface area contributed by atoms with E-state index in [0.717, 1.165) is 12.5 Å². The number of rotatable bonds is 3. The summed E-state index contributed by atoms with van der Waals surface area (Å²) >= 11 is 0. The predicted molar refractivity (Wildman–Crippen MR) is 60.3 cm³/mol. The summed E-state index contributed by atoms with van der Waals surface area (Å²) in [5.41, 5.74) is 1.18. The van der Waals surface area contributed by atoms with Gasteiger partial charge in [0.2, 0.25) is 0 Å². The van der Waals surface area contributed by atoms with Crippen LogP contribution in [0.3, 0.4) is 0 Å². The second kappa shape index (κ2) is 5.21. The van der Waals surface area contributed by atoms with E-state index in [-0.39, 0.29) is 0 Å². The van der Waals surface area contributed by atoms with Crippen LogP contribution < -0.4 is 5.32 Å². The van der Waals surface area contributed by atoms with Crippen molar-refractivity contribution in [2.24, 2.45) is 5.92 Å². The van der Waals surface area contributed by atoms with Gasteiger partial charge in [0.15, 0.2) is 0 Å². The quantitative estimate of drug-likeness (QED) is 0.821. The van der Waals surface area contributed by atoms with E-state index < -0.39 is 0 Å². The molecule has 0 amide bonds. The first-order chi connectivity index (χ1) is 7.36. The number of nitrogens with one attached hydrogen (secondary N) is 1. The lowest BCUT2D eigenvalue weighted by atomic mass is 9.86. The number of hydrogen-bond donors (Lipinski definition) is 1. The van der Waals surface area contributed by atoms with Crippen molar-refractivity contribution >= 4 is 0 Å². The molecule has 1 aliphatic rings. The molecular formula is C12H19N3. The van der Waals surface area contributed by atoms with Crippen LogP contribution in [0.25, 0.3) is 0 Å². The van der Waals surface area contributed by atoms with E-state index >= 15 is 0 Å². The highest BCUT2D eigenvalue weighted by molar-refractivity contribution is 5.02. The van der Waals surface area contributed by atoms with Gasteiger partial charge in [-0.3, -0.25) is 0 Å². The fourth-order valence-corrected chi connectivity index (χ4v) is 2.29. The second-order valence-electron chi connectivity index (χ2n) is 4.50. The standard InChI is InChI=1S/C12H19N3/c1-10-4-2-3-5-12(10)15-8-11-6-13-9-14-7-11/h6-7,9-10,12,15H,2-5,8H2,1H3/t10-,12-/m1/s1. The fraction of sp³-hybridized carbons (Fsp3) is 0.667. The second-order valence-corrected chi connectivity index (χ2v) is 4.50. The highest BCUT2D eigenvalue weighted by Gasteiger charge is 2.20. The third-order valence-electron chi connectivity index (χ3n) is 3.29. The van der Waals surface area contributed by atoms with Crippen LogP contribution in [0, 0.1) is 5.92 Å². The van der Waals surface area contributed by atoms with Gasteiger partial charge >= 0.3 is 0 Å². The Bertz CT molecular complexity index is 286. The molecule has 2 rings (SSSR count). The minimum atomic E-state index is 0.680. The average molecular weight is 205 g/mol. The van der Waals surface area contributed by atoms with Gasteiger partial charge in [0, 0.05) is 30.5 Å². The summed E-state index contributed by atoms with van der Waals surface area (Å²) in [7, 11) is 0. The Kier molecular flexibility index (Phi) is 3.67. The van der Waals surface area contributed by atoms with Crippen LogP contribution in [0.2, 0.25) is 0 Å². The average Bonchev–Trinajstić information content (AvgIpc) is 2.29. The minimum Gasteiger partial charge on any atom is -0.310 e. The first-order valence-corrected chi connectivity index (χ1v) is 5.83. The molecule has 0 aromatic carbocycles. The zero-order chi connectivity index (χ0) is 10.5. The summed E-state index contributed by atoms with van der Waals surface area (Å²) < 4.78 is 0. The van der Waals surface area contributed by atoms with E-state index in [9.17, 15) is 0 Å². The molecule has 3 nitrogen and oxygen atoms in total. The van der Waals surface area contributed by atoms with Crippen LogP contribution in [0.5, 0.6) is 0 Å². The van der Waals surface area contributed by atoms with Crippen LogP contribution in [-0.4, -0.2) is 16.0 Å². The molecule has 0 unspecified atom stereocenters. The first kappa shape index (κ1) is 10.6. The molecule has 1 aromatic heterocycles. The molecule has 1 N–H and O–H groups in total. The largest absolute Gasteiger partial charge is 0.310 e. The van der Waals surface area contributed by atoms with Crippen molar-refractivity contribution < 1.29 is 0 Å². The molecule has 0 radical (unpaired) electrons. The lowest BCUT2D eigenvalue weighted by molar-refractivity contribution is 0.279. The third kappa shape index (κ3) is 2.99. The Labute approximate surface area is 91.3 Å². The van der Waals surface area contributed by atoms with Crippen LogP contribution >= 0.6 is 0 Å². The molecule has 1 fully saturated rings. The Morgan fingerprint density at radius 1 is 1.27 bits per heavy atom. The van der Waals surface area contributed by atoms with Crippen LogP contribution in [0.15, 0.2) is 18.7 Å². The minimum absolute atomic E-state index is 0.680. The van der Waals surface area contributed by atoms with Crippen LogP contribution in [0.1, 0.15) is 38.2 Å². The molecule has 15 heavy (non-hydrogen) atoms. The monoisotopic (exact) mass is 205 g/mol. The Hall–Kier alpha value is -0.960. The maximum Gasteiger partial charge on any atom is 0.115 e. The smallest absolute Gasteiger partial charge is 0.115 e. The van der Waals surface area contributed by atoms with Gasteiger partial charge in [0.25, 0.3) is 0 Å². The van der Waals surface area contributed by atoms with Gasteiger partial charge in [-0.25, -0.2) is 9.97 Å². The summed E-state index contributed by atoms with van der Waals surface area (Å²) in [6.07, 6.45) is 10.8. The van der Waals surface area contributed by atoms with Crippen molar-refractivity contribution in [2.45, 2.75) is 45.2 Å². The van der Waals surface area contributed by atoms with Gasteiger partial charge in [-0.15, -0.1) is 0 Å².